The highest BCUT2D eigenvalue weighted by Gasteiger charge is 2.37. The molecule has 2 atom stereocenters. The van der Waals surface area contributed by atoms with Gasteiger partial charge in [-0.05, 0) is 24.3 Å². The summed E-state index contributed by atoms with van der Waals surface area (Å²) in [6.45, 7) is 4.28. The first-order chi connectivity index (χ1) is 10.1. The van der Waals surface area contributed by atoms with E-state index in [1.54, 1.807) is 0 Å². The van der Waals surface area contributed by atoms with Gasteiger partial charge in [-0.15, -0.1) is 0 Å². The minimum atomic E-state index is -0.391. The minimum Gasteiger partial charge on any atom is -0.394 e. The molecule has 3 heteroatoms. The molecule has 21 heavy (non-hydrogen) atoms. The van der Waals surface area contributed by atoms with Crippen LogP contribution in [0.5, 0.6) is 0 Å². The highest BCUT2D eigenvalue weighted by molar-refractivity contribution is 5.84. The molecule has 0 bridgehead atoms. The molecule has 116 valence electrons. The third kappa shape index (κ3) is 3.65. The first-order valence-electron chi connectivity index (χ1n) is 8.10. The molecule has 2 unspecified atom stereocenters. The summed E-state index contributed by atoms with van der Waals surface area (Å²) in [6.07, 6.45) is 4.90. The predicted octanol–water partition coefficient (Wildman–Crippen LogP) is 3.24. The molecule has 2 rings (SSSR count). The minimum absolute atomic E-state index is 0.0424. The smallest absolute Gasteiger partial charge is 0.228 e. The van der Waals surface area contributed by atoms with Crippen LogP contribution < -0.4 is 5.32 Å². The van der Waals surface area contributed by atoms with Crippen molar-refractivity contribution in [2.24, 2.45) is 5.92 Å². The number of carbonyl (C=O) groups excluding carboxylic acids is 1. The van der Waals surface area contributed by atoms with Gasteiger partial charge in [0.15, 0.2) is 0 Å². The lowest BCUT2D eigenvalue weighted by molar-refractivity contribution is -0.126. The molecule has 1 aliphatic rings. The summed E-state index contributed by atoms with van der Waals surface area (Å²) in [5, 5.41) is 12.9. The number of aliphatic hydroxyl groups is 1. The summed E-state index contributed by atoms with van der Waals surface area (Å²) in [6, 6.07) is 9.99. The zero-order chi connectivity index (χ0) is 15.3. The fraction of sp³-hybridized carbons (Fsp3) is 0.611. The van der Waals surface area contributed by atoms with Gasteiger partial charge >= 0.3 is 0 Å². The monoisotopic (exact) mass is 289 g/mol. The van der Waals surface area contributed by atoms with Crippen molar-refractivity contribution in [3.63, 3.8) is 0 Å². The molecular weight excluding hydrogens is 262 g/mol. The normalized spacial score (nSPS) is 20.0. The Bertz CT molecular complexity index is 452. The van der Waals surface area contributed by atoms with Crippen molar-refractivity contribution in [3.05, 3.63) is 35.9 Å². The number of benzene rings is 1. The van der Waals surface area contributed by atoms with Crippen molar-refractivity contribution in [1.29, 1.82) is 0 Å². The zero-order valence-corrected chi connectivity index (χ0v) is 13.1. The molecule has 3 nitrogen and oxygen atoms in total. The van der Waals surface area contributed by atoms with Gasteiger partial charge in [0.2, 0.25) is 5.91 Å². The maximum Gasteiger partial charge on any atom is 0.228 e. The second-order valence-corrected chi connectivity index (χ2v) is 6.41. The van der Waals surface area contributed by atoms with Crippen LogP contribution in [0, 0.1) is 5.92 Å². The summed E-state index contributed by atoms with van der Waals surface area (Å²) in [5.41, 5.74) is 0.674. The van der Waals surface area contributed by atoms with Gasteiger partial charge in [-0.2, -0.15) is 0 Å². The number of nitrogens with one attached hydrogen (secondary N) is 1. The van der Waals surface area contributed by atoms with E-state index in [1.165, 1.54) is 0 Å². The van der Waals surface area contributed by atoms with E-state index in [-0.39, 0.29) is 24.3 Å². The van der Waals surface area contributed by atoms with Crippen molar-refractivity contribution < 1.29 is 9.90 Å². The van der Waals surface area contributed by atoms with Gasteiger partial charge in [0.1, 0.15) is 0 Å². The fourth-order valence-electron chi connectivity index (χ4n) is 3.35. The molecule has 0 heterocycles. The Morgan fingerprint density at radius 2 is 1.90 bits per heavy atom. The SMILES string of the molecule is CCC(C)C(C(=O)NC1(CO)CCCC1)c1ccccc1. The first-order valence-corrected chi connectivity index (χ1v) is 8.10. The van der Waals surface area contributed by atoms with Crippen LogP contribution in [-0.2, 0) is 4.79 Å². The summed E-state index contributed by atoms with van der Waals surface area (Å²) >= 11 is 0. The molecule has 1 saturated carbocycles. The Morgan fingerprint density at radius 1 is 1.29 bits per heavy atom. The van der Waals surface area contributed by atoms with Gasteiger partial charge in [0, 0.05) is 0 Å². The summed E-state index contributed by atoms with van der Waals surface area (Å²) in [4.78, 5) is 12.8. The van der Waals surface area contributed by atoms with Crippen molar-refractivity contribution >= 4 is 5.91 Å². The molecule has 0 saturated heterocycles. The molecule has 0 aromatic heterocycles. The number of hydrogen-bond donors (Lipinski definition) is 2. The maximum absolute atomic E-state index is 12.8. The van der Waals surface area contributed by atoms with Crippen molar-refractivity contribution in [2.45, 2.75) is 57.4 Å². The van der Waals surface area contributed by atoms with E-state index in [4.69, 9.17) is 0 Å². The van der Waals surface area contributed by atoms with Gasteiger partial charge in [-0.25, -0.2) is 0 Å². The van der Waals surface area contributed by atoms with Crippen LogP contribution in [0.2, 0.25) is 0 Å². The van der Waals surface area contributed by atoms with Crippen LogP contribution in [0.25, 0.3) is 0 Å². The van der Waals surface area contributed by atoms with E-state index in [0.717, 1.165) is 37.7 Å². The van der Waals surface area contributed by atoms with E-state index < -0.39 is 5.54 Å². The molecule has 0 spiro atoms. The van der Waals surface area contributed by atoms with E-state index in [2.05, 4.69) is 19.2 Å². The molecule has 1 aromatic rings. The lowest BCUT2D eigenvalue weighted by atomic mass is 9.84. The van der Waals surface area contributed by atoms with E-state index in [1.807, 2.05) is 30.3 Å². The Labute approximate surface area is 127 Å². The lowest BCUT2D eigenvalue weighted by Crippen LogP contribution is -2.51. The number of hydrogen-bond acceptors (Lipinski definition) is 2. The molecule has 1 fully saturated rings. The topological polar surface area (TPSA) is 49.3 Å². The van der Waals surface area contributed by atoms with E-state index in [9.17, 15) is 9.90 Å². The summed E-state index contributed by atoms with van der Waals surface area (Å²) in [5.74, 6) is 0.205. The van der Waals surface area contributed by atoms with Crippen LogP contribution in [0.3, 0.4) is 0 Å². The third-order valence-electron chi connectivity index (χ3n) is 4.91. The van der Waals surface area contributed by atoms with Crippen LogP contribution in [0.1, 0.15) is 57.4 Å². The quantitative estimate of drug-likeness (QED) is 0.844. The van der Waals surface area contributed by atoms with E-state index in [0.29, 0.717) is 0 Å². The fourth-order valence-corrected chi connectivity index (χ4v) is 3.35. The lowest BCUT2D eigenvalue weighted by Gasteiger charge is -2.32. The molecule has 2 N–H and O–H groups in total. The van der Waals surface area contributed by atoms with Crippen molar-refractivity contribution in [1.82, 2.24) is 5.32 Å². The molecule has 1 aliphatic carbocycles. The Morgan fingerprint density at radius 3 is 2.43 bits per heavy atom. The Balaban J connectivity index is 2.19. The summed E-state index contributed by atoms with van der Waals surface area (Å²) < 4.78 is 0. The Kier molecular flexibility index (Phi) is 5.40. The Hall–Kier alpha value is -1.35. The molecular formula is C18H27NO2. The van der Waals surface area contributed by atoms with Gasteiger partial charge < -0.3 is 10.4 Å². The average molecular weight is 289 g/mol. The second-order valence-electron chi connectivity index (χ2n) is 6.41. The first kappa shape index (κ1) is 16.0. The van der Waals surface area contributed by atoms with Gasteiger partial charge in [0.25, 0.3) is 0 Å². The standard InChI is InChI=1S/C18H27NO2/c1-3-14(2)16(15-9-5-4-6-10-15)17(21)19-18(13-20)11-7-8-12-18/h4-6,9-10,14,16,20H,3,7-8,11-13H2,1-2H3,(H,19,21). The second kappa shape index (κ2) is 7.08. The average Bonchev–Trinajstić information content (AvgIpc) is 2.97. The molecule has 1 amide bonds. The number of aliphatic hydroxyl groups excluding tert-OH is 1. The molecule has 0 aliphatic heterocycles. The highest BCUT2D eigenvalue weighted by Crippen LogP contribution is 2.32. The van der Waals surface area contributed by atoms with Gasteiger partial charge in [0.05, 0.1) is 18.1 Å². The van der Waals surface area contributed by atoms with Crippen LogP contribution in [0.15, 0.2) is 30.3 Å². The highest BCUT2D eigenvalue weighted by atomic mass is 16.3. The van der Waals surface area contributed by atoms with Crippen LogP contribution >= 0.6 is 0 Å². The van der Waals surface area contributed by atoms with E-state index >= 15 is 0 Å². The van der Waals surface area contributed by atoms with Crippen molar-refractivity contribution in [2.75, 3.05) is 6.61 Å². The predicted molar refractivity (Wildman–Crippen MR) is 85.1 cm³/mol. The number of amides is 1. The van der Waals surface area contributed by atoms with Crippen LogP contribution in [0.4, 0.5) is 0 Å². The van der Waals surface area contributed by atoms with Crippen molar-refractivity contribution in [3.8, 4) is 0 Å². The summed E-state index contributed by atoms with van der Waals surface area (Å²) in [7, 11) is 0. The third-order valence-corrected chi connectivity index (χ3v) is 4.91. The van der Waals surface area contributed by atoms with Gasteiger partial charge in [-0.1, -0.05) is 63.4 Å². The largest absolute Gasteiger partial charge is 0.394 e. The number of rotatable bonds is 6. The molecule has 0 radical (unpaired) electrons. The number of carbonyl (C=O) groups is 1. The molecule has 1 aromatic carbocycles. The van der Waals surface area contributed by atoms with Crippen LogP contribution in [-0.4, -0.2) is 23.2 Å². The van der Waals surface area contributed by atoms with Gasteiger partial charge in [-0.3, -0.25) is 4.79 Å². The zero-order valence-electron chi connectivity index (χ0n) is 13.1. The maximum atomic E-state index is 12.8.